The van der Waals surface area contributed by atoms with Crippen molar-refractivity contribution in [1.29, 1.82) is 0 Å². The van der Waals surface area contributed by atoms with Gasteiger partial charge in [0.2, 0.25) is 5.91 Å². The Morgan fingerprint density at radius 3 is 2.81 bits per heavy atom. The average Bonchev–Trinajstić information content (AvgIpc) is 2.72. The molecule has 0 aliphatic carbocycles. The van der Waals surface area contributed by atoms with Gasteiger partial charge in [-0.2, -0.15) is 0 Å². The van der Waals surface area contributed by atoms with E-state index in [0.29, 0.717) is 12.3 Å². The fraction of sp³-hybridized carbons (Fsp3) is 0.467. The smallest absolute Gasteiger partial charge is 0.322 e. The van der Waals surface area contributed by atoms with Crippen molar-refractivity contribution in [1.82, 2.24) is 5.32 Å². The molecule has 0 saturated heterocycles. The summed E-state index contributed by atoms with van der Waals surface area (Å²) in [5, 5.41) is 5.94. The Labute approximate surface area is 132 Å². The van der Waals surface area contributed by atoms with Crippen LogP contribution in [-0.2, 0) is 14.3 Å². The highest BCUT2D eigenvalue weighted by atomic mass is 79.9. The molecule has 1 heterocycles. The molecule has 0 aromatic heterocycles. The van der Waals surface area contributed by atoms with Crippen molar-refractivity contribution in [2.75, 3.05) is 12.4 Å². The highest BCUT2D eigenvalue weighted by Gasteiger charge is 2.34. The van der Waals surface area contributed by atoms with E-state index >= 15 is 0 Å². The van der Waals surface area contributed by atoms with Gasteiger partial charge in [0.1, 0.15) is 12.1 Å². The number of carbonyl (C=O) groups is 2. The van der Waals surface area contributed by atoms with Crippen LogP contribution in [0.4, 0.5) is 5.69 Å². The van der Waals surface area contributed by atoms with E-state index in [1.165, 1.54) is 7.11 Å². The van der Waals surface area contributed by atoms with E-state index < -0.39 is 12.1 Å². The fourth-order valence-corrected chi connectivity index (χ4v) is 2.82. The molecule has 0 fully saturated rings. The molecule has 0 spiro atoms. The monoisotopic (exact) mass is 354 g/mol. The molecule has 0 bridgehead atoms. The predicted molar refractivity (Wildman–Crippen MR) is 83.9 cm³/mol. The first kappa shape index (κ1) is 16.0. The molecule has 1 amide bonds. The predicted octanol–water partition coefficient (Wildman–Crippen LogP) is 2.62. The molecule has 6 heteroatoms. The van der Waals surface area contributed by atoms with Crippen LogP contribution in [0.15, 0.2) is 22.7 Å². The summed E-state index contributed by atoms with van der Waals surface area (Å²) in [6, 6.07) is 4.55. The summed E-state index contributed by atoms with van der Waals surface area (Å²) in [7, 11) is 1.36. The normalized spacial score (nSPS) is 18.3. The number of halogens is 1. The topological polar surface area (TPSA) is 67.4 Å². The van der Waals surface area contributed by atoms with E-state index in [2.05, 4.69) is 26.6 Å². The van der Waals surface area contributed by atoms with Crippen LogP contribution in [0.25, 0.3) is 0 Å². The second-order valence-electron chi connectivity index (χ2n) is 5.53. The van der Waals surface area contributed by atoms with Crippen LogP contribution >= 0.6 is 15.9 Å². The Bertz CT molecular complexity index is 560. The molecular weight excluding hydrogens is 336 g/mol. The molecule has 0 saturated carbocycles. The third kappa shape index (κ3) is 3.63. The molecule has 1 aromatic rings. The number of methoxy groups -OCH3 is 1. The number of hydrogen-bond donors (Lipinski definition) is 2. The van der Waals surface area contributed by atoms with Crippen LogP contribution in [0.1, 0.15) is 31.9 Å². The lowest BCUT2D eigenvalue weighted by atomic mass is 10.0. The largest absolute Gasteiger partial charge is 0.468 e. The van der Waals surface area contributed by atoms with Crippen LogP contribution in [0.5, 0.6) is 0 Å². The second kappa shape index (κ2) is 6.58. The van der Waals surface area contributed by atoms with Crippen molar-refractivity contribution in [3.05, 3.63) is 28.2 Å². The van der Waals surface area contributed by atoms with Gasteiger partial charge in [0.05, 0.1) is 7.11 Å². The summed E-state index contributed by atoms with van der Waals surface area (Å²) in [5.41, 5.74) is 1.61. The second-order valence-corrected chi connectivity index (χ2v) is 6.44. The highest BCUT2D eigenvalue weighted by Crippen LogP contribution is 2.33. The summed E-state index contributed by atoms with van der Waals surface area (Å²) in [4.78, 5) is 24.0. The summed E-state index contributed by atoms with van der Waals surface area (Å²) >= 11 is 3.40. The third-order valence-corrected chi connectivity index (χ3v) is 3.90. The van der Waals surface area contributed by atoms with Gasteiger partial charge < -0.3 is 10.1 Å². The number of carbonyl (C=O) groups excluding carboxylic acids is 2. The van der Waals surface area contributed by atoms with Gasteiger partial charge in [-0.25, -0.2) is 0 Å². The zero-order valence-corrected chi connectivity index (χ0v) is 13.9. The quantitative estimate of drug-likeness (QED) is 0.797. The number of esters is 1. The Kier molecular flexibility index (Phi) is 5.00. The van der Waals surface area contributed by atoms with Gasteiger partial charge in [0.25, 0.3) is 0 Å². The van der Waals surface area contributed by atoms with Crippen molar-refractivity contribution in [2.45, 2.75) is 32.4 Å². The van der Waals surface area contributed by atoms with E-state index in [1.807, 2.05) is 32.0 Å². The number of nitrogens with one attached hydrogen (secondary N) is 2. The lowest BCUT2D eigenvalue weighted by Gasteiger charge is -2.21. The molecule has 21 heavy (non-hydrogen) atoms. The first-order valence-electron chi connectivity index (χ1n) is 6.86. The van der Waals surface area contributed by atoms with Gasteiger partial charge in [-0.1, -0.05) is 29.8 Å². The lowest BCUT2D eigenvalue weighted by Crippen LogP contribution is -2.43. The number of fused-ring (bicyclic) bond motifs is 1. The van der Waals surface area contributed by atoms with E-state index in [4.69, 9.17) is 4.74 Å². The van der Waals surface area contributed by atoms with Crippen molar-refractivity contribution in [2.24, 2.45) is 5.92 Å². The number of benzene rings is 1. The number of rotatable bonds is 5. The molecular formula is C15H19BrN2O3. The lowest BCUT2D eigenvalue weighted by molar-refractivity contribution is -0.144. The maximum absolute atomic E-state index is 12.1. The van der Waals surface area contributed by atoms with E-state index in [-0.39, 0.29) is 11.9 Å². The first-order chi connectivity index (χ1) is 9.92. The molecule has 0 radical (unpaired) electrons. The van der Waals surface area contributed by atoms with E-state index in [9.17, 15) is 9.59 Å². The Hall–Kier alpha value is -1.40. The zero-order valence-electron chi connectivity index (χ0n) is 12.3. The Morgan fingerprint density at radius 2 is 2.19 bits per heavy atom. The molecule has 1 aliphatic heterocycles. The van der Waals surface area contributed by atoms with Gasteiger partial charge >= 0.3 is 5.97 Å². The molecule has 114 valence electrons. The van der Waals surface area contributed by atoms with Crippen molar-refractivity contribution >= 4 is 33.5 Å². The minimum absolute atomic E-state index is 0.152. The molecule has 2 N–H and O–H groups in total. The van der Waals surface area contributed by atoms with Gasteiger partial charge in [0.15, 0.2) is 0 Å². The maximum Gasteiger partial charge on any atom is 0.322 e. The van der Waals surface area contributed by atoms with Crippen LogP contribution in [0, 0.1) is 5.92 Å². The molecule has 2 rings (SSSR count). The van der Waals surface area contributed by atoms with Gasteiger partial charge in [-0.3, -0.25) is 14.9 Å². The molecule has 2 unspecified atom stereocenters. The minimum Gasteiger partial charge on any atom is -0.468 e. The standard InChI is InChI=1S/C15H19BrN2O3/c1-8(2)6-12(15(20)21-3)17-13-10-7-9(16)4-5-11(10)18-14(13)19/h4-5,7-8,12-13,17H,6H2,1-3H3,(H,18,19). The van der Waals surface area contributed by atoms with E-state index in [0.717, 1.165) is 15.7 Å². The fourth-order valence-electron chi connectivity index (χ4n) is 2.45. The highest BCUT2D eigenvalue weighted by molar-refractivity contribution is 9.10. The van der Waals surface area contributed by atoms with Crippen LogP contribution in [0.3, 0.4) is 0 Å². The number of anilines is 1. The molecule has 1 aromatic carbocycles. The average molecular weight is 355 g/mol. The van der Waals surface area contributed by atoms with E-state index in [1.54, 1.807) is 0 Å². The summed E-state index contributed by atoms with van der Waals surface area (Å²) in [5.74, 6) is -0.186. The summed E-state index contributed by atoms with van der Waals surface area (Å²) in [6.45, 7) is 4.05. The summed E-state index contributed by atoms with van der Waals surface area (Å²) in [6.07, 6.45) is 0.611. The number of amides is 1. The zero-order chi connectivity index (χ0) is 15.6. The SMILES string of the molecule is COC(=O)C(CC(C)C)NC1C(=O)Nc2ccc(Br)cc21. The van der Waals surface area contributed by atoms with Crippen molar-refractivity contribution in [3.63, 3.8) is 0 Å². The van der Waals surface area contributed by atoms with Gasteiger partial charge in [-0.05, 0) is 30.5 Å². The van der Waals surface area contributed by atoms with Crippen molar-refractivity contribution < 1.29 is 14.3 Å². The Morgan fingerprint density at radius 1 is 1.48 bits per heavy atom. The number of ether oxygens (including phenoxy) is 1. The number of hydrogen-bond acceptors (Lipinski definition) is 4. The third-order valence-electron chi connectivity index (χ3n) is 3.41. The summed E-state index contributed by atoms with van der Waals surface area (Å²) < 4.78 is 5.72. The first-order valence-corrected chi connectivity index (χ1v) is 7.66. The van der Waals surface area contributed by atoms with Crippen LogP contribution in [0.2, 0.25) is 0 Å². The van der Waals surface area contributed by atoms with Crippen molar-refractivity contribution in [3.8, 4) is 0 Å². The molecule has 5 nitrogen and oxygen atoms in total. The molecule has 2 atom stereocenters. The maximum atomic E-state index is 12.1. The minimum atomic E-state index is -0.541. The Balaban J connectivity index is 2.23. The van der Waals surface area contributed by atoms with Gasteiger partial charge in [0, 0.05) is 15.7 Å². The van der Waals surface area contributed by atoms with Gasteiger partial charge in [-0.15, -0.1) is 0 Å². The van der Waals surface area contributed by atoms with Crippen LogP contribution in [-0.4, -0.2) is 25.0 Å². The molecule has 1 aliphatic rings. The van der Waals surface area contributed by atoms with Crippen LogP contribution < -0.4 is 10.6 Å².